The fourth-order valence-electron chi connectivity index (χ4n) is 4.34. The van der Waals surface area contributed by atoms with Crippen LogP contribution in [-0.4, -0.2) is 23.7 Å². The molecule has 0 fully saturated rings. The first-order valence-electron chi connectivity index (χ1n) is 9.37. The summed E-state index contributed by atoms with van der Waals surface area (Å²) >= 11 is 0. The van der Waals surface area contributed by atoms with Crippen LogP contribution in [0.1, 0.15) is 46.1 Å². The van der Waals surface area contributed by atoms with Gasteiger partial charge in [0.25, 0.3) is 0 Å². The molecule has 0 radical (unpaired) electrons. The van der Waals surface area contributed by atoms with Crippen LogP contribution in [0.15, 0.2) is 30.6 Å². The molecule has 2 aliphatic carbocycles. The summed E-state index contributed by atoms with van der Waals surface area (Å²) in [6, 6.07) is 0.544. The van der Waals surface area contributed by atoms with Gasteiger partial charge in [-0.3, -0.25) is 0 Å². The molecule has 3 rings (SSSR count). The largest absolute Gasteiger partial charge is 0.381 e. The predicted molar refractivity (Wildman–Crippen MR) is 108 cm³/mol. The molecule has 3 atom stereocenters. The van der Waals surface area contributed by atoms with E-state index >= 15 is 0 Å². The molecule has 2 N–H and O–H groups in total. The van der Waals surface area contributed by atoms with Gasteiger partial charge in [-0.25, -0.2) is 0 Å². The highest BCUT2D eigenvalue weighted by atomic mass is 15.1. The van der Waals surface area contributed by atoms with Gasteiger partial charge in [-0.1, -0.05) is 45.1 Å². The van der Waals surface area contributed by atoms with Crippen LogP contribution in [-0.2, 0) is 12.5 Å². The third kappa shape index (κ3) is 2.89. The van der Waals surface area contributed by atoms with Gasteiger partial charge in [-0.2, -0.15) is 0 Å². The van der Waals surface area contributed by atoms with Crippen LogP contribution in [0.4, 0.5) is 0 Å². The second-order valence-corrected chi connectivity index (χ2v) is 8.77. The van der Waals surface area contributed by atoms with Gasteiger partial charge >= 0.3 is 0 Å². The number of fused-ring (bicyclic) bond motifs is 1. The average Bonchev–Trinajstić information content (AvgIpc) is 2.88. The van der Waals surface area contributed by atoms with E-state index in [1.165, 1.54) is 21.8 Å². The Labute approximate surface area is 152 Å². The second-order valence-electron chi connectivity index (χ2n) is 8.77. The summed E-state index contributed by atoms with van der Waals surface area (Å²) in [5, 5.41) is 10.0. The lowest BCUT2D eigenvalue weighted by atomic mass is 9.66. The Hall–Kier alpha value is -1.74. The molecule has 0 aliphatic heterocycles. The summed E-state index contributed by atoms with van der Waals surface area (Å²) in [7, 11) is 4.22. The first-order valence-corrected chi connectivity index (χ1v) is 9.37. The van der Waals surface area contributed by atoms with E-state index in [0.717, 1.165) is 12.8 Å². The Kier molecular flexibility index (Phi) is 4.48. The van der Waals surface area contributed by atoms with Gasteiger partial charge in [0.1, 0.15) is 0 Å². The van der Waals surface area contributed by atoms with Crippen molar-refractivity contribution in [2.45, 2.75) is 58.0 Å². The summed E-state index contributed by atoms with van der Waals surface area (Å²) in [5.74, 6) is 0. The van der Waals surface area contributed by atoms with E-state index in [-0.39, 0.29) is 16.9 Å². The highest BCUT2D eigenvalue weighted by Crippen LogP contribution is 2.40. The summed E-state index contributed by atoms with van der Waals surface area (Å²) in [5.41, 5.74) is 2.86. The van der Waals surface area contributed by atoms with Crippen LogP contribution in [0.3, 0.4) is 0 Å². The summed E-state index contributed by atoms with van der Waals surface area (Å²) < 4.78 is 2.28. The number of rotatable bonds is 5. The molecule has 136 valence electrons. The van der Waals surface area contributed by atoms with Crippen molar-refractivity contribution in [3.05, 3.63) is 46.8 Å². The third-order valence-corrected chi connectivity index (χ3v) is 5.85. The summed E-state index contributed by atoms with van der Waals surface area (Å²) in [4.78, 5) is 0. The fourth-order valence-corrected chi connectivity index (χ4v) is 4.34. The molecule has 25 heavy (non-hydrogen) atoms. The molecular formula is C22H33N3. The zero-order valence-electron chi connectivity index (χ0n) is 16.6. The first kappa shape index (κ1) is 18.1. The second kappa shape index (κ2) is 6.21. The smallest absolute Gasteiger partial charge is 0.0596 e. The van der Waals surface area contributed by atoms with Crippen molar-refractivity contribution in [2.75, 3.05) is 7.05 Å². The number of nitrogens with one attached hydrogen (secondary N) is 2. The first-order chi connectivity index (χ1) is 11.7. The lowest BCUT2D eigenvalue weighted by Crippen LogP contribution is -2.59. The number of aromatic nitrogens is 1. The minimum absolute atomic E-state index is 0.00765. The van der Waals surface area contributed by atoms with Gasteiger partial charge in [0.05, 0.1) is 6.04 Å². The molecule has 1 heterocycles. The number of nitrogens with zero attached hydrogens (tertiary/aromatic N) is 1. The Morgan fingerprint density at radius 3 is 2.60 bits per heavy atom. The van der Waals surface area contributed by atoms with Crippen molar-refractivity contribution in [1.29, 1.82) is 0 Å². The van der Waals surface area contributed by atoms with Gasteiger partial charge in [0.2, 0.25) is 0 Å². The monoisotopic (exact) mass is 339 g/mol. The topological polar surface area (TPSA) is 29.0 Å². The molecule has 0 saturated heterocycles. The molecule has 3 nitrogen and oxygen atoms in total. The van der Waals surface area contributed by atoms with Crippen LogP contribution < -0.4 is 21.2 Å². The maximum Gasteiger partial charge on any atom is 0.0596 e. The van der Waals surface area contributed by atoms with Gasteiger partial charge < -0.3 is 15.2 Å². The highest BCUT2D eigenvalue weighted by molar-refractivity contribution is 5.50. The number of likely N-dealkylation sites (N-methyl/N-ethyl adjacent to an activating group) is 1. The van der Waals surface area contributed by atoms with Crippen molar-refractivity contribution < 1.29 is 0 Å². The lowest BCUT2D eigenvalue weighted by Gasteiger charge is -2.47. The number of aryl methyl sites for hydroxylation is 1. The van der Waals surface area contributed by atoms with Crippen LogP contribution in [0.2, 0.25) is 0 Å². The lowest BCUT2D eigenvalue weighted by molar-refractivity contribution is 0.292. The molecule has 2 aliphatic rings. The average molecular weight is 340 g/mol. The number of hydrogen-bond donors (Lipinski definition) is 2. The van der Waals surface area contributed by atoms with Crippen LogP contribution in [0, 0.1) is 5.41 Å². The maximum atomic E-state index is 4.02. The van der Waals surface area contributed by atoms with Crippen LogP contribution in [0.25, 0.3) is 12.2 Å². The van der Waals surface area contributed by atoms with Crippen molar-refractivity contribution in [1.82, 2.24) is 15.2 Å². The van der Waals surface area contributed by atoms with Crippen LogP contribution >= 0.6 is 0 Å². The number of hydrogen-bond acceptors (Lipinski definition) is 2. The van der Waals surface area contributed by atoms with E-state index in [1.807, 2.05) is 6.08 Å². The minimum Gasteiger partial charge on any atom is -0.381 e. The molecule has 3 heteroatoms. The van der Waals surface area contributed by atoms with E-state index in [0.29, 0.717) is 6.04 Å². The van der Waals surface area contributed by atoms with Crippen LogP contribution in [0.5, 0.6) is 0 Å². The highest BCUT2D eigenvalue weighted by Gasteiger charge is 2.46. The van der Waals surface area contributed by atoms with E-state index in [9.17, 15) is 0 Å². The van der Waals surface area contributed by atoms with Crippen molar-refractivity contribution in [3.8, 4) is 0 Å². The summed E-state index contributed by atoms with van der Waals surface area (Å²) in [6.07, 6.45) is 13.8. The molecule has 3 unspecified atom stereocenters. The molecule has 1 aromatic rings. The van der Waals surface area contributed by atoms with Crippen molar-refractivity contribution >= 4 is 12.2 Å². The summed E-state index contributed by atoms with van der Waals surface area (Å²) in [6.45, 7) is 13.1. The molecular weight excluding hydrogens is 306 g/mol. The van der Waals surface area contributed by atoms with E-state index in [1.54, 1.807) is 0 Å². The Morgan fingerprint density at radius 1 is 1.32 bits per heavy atom. The Balaban J connectivity index is 1.99. The molecule has 0 aromatic carbocycles. The quantitative estimate of drug-likeness (QED) is 0.806. The molecule has 0 amide bonds. The van der Waals surface area contributed by atoms with Gasteiger partial charge in [-0.15, -0.1) is 6.58 Å². The Bertz CT molecular complexity index is 819. The molecule has 0 spiro atoms. The van der Waals surface area contributed by atoms with Gasteiger partial charge in [0, 0.05) is 35.7 Å². The maximum absolute atomic E-state index is 4.02. The SMILES string of the molecule is C=CC(NC1=CC(C)(c2cn(C)c3c2=CCCC=3)C1NC)C(C)(C)C. The van der Waals surface area contributed by atoms with Gasteiger partial charge in [-0.05, 0) is 43.0 Å². The molecule has 1 aromatic heterocycles. The van der Waals surface area contributed by atoms with E-state index in [2.05, 4.69) is 88.0 Å². The standard InChI is InChI=1S/C22H33N3/c1-8-19(21(2,3)4)24-17-13-22(5,20(17)23-6)16-14-25(7)18-12-10-9-11-15(16)18/h8,11-14,19-20,23-24H,1,9-10H2,2-7H3. The zero-order chi connectivity index (χ0) is 18.4. The molecule has 0 bridgehead atoms. The van der Waals surface area contributed by atoms with E-state index < -0.39 is 0 Å². The normalized spacial score (nSPS) is 26.5. The molecule has 0 saturated carbocycles. The zero-order valence-corrected chi connectivity index (χ0v) is 16.6. The predicted octanol–water partition coefficient (Wildman–Crippen LogP) is 2.31. The van der Waals surface area contributed by atoms with E-state index in [4.69, 9.17) is 0 Å². The Morgan fingerprint density at radius 2 is 2.00 bits per heavy atom. The fraction of sp³-hybridized carbons (Fsp3) is 0.545. The third-order valence-electron chi connectivity index (χ3n) is 5.85. The van der Waals surface area contributed by atoms with Crippen molar-refractivity contribution in [3.63, 3.8) is 0 Å². The van der Waals surface area contributed by atoms with Gasteiger partial charge in [0.15, 0.2) is 0 Å². The minimum atomic E-state index is 0.00765. The van der Waals surface area contributed by atoms with Crippen molar-refractivity contribution in [2.24, 2.45) is 12.5 Å².